The molecular weight excluding hydrogens is 216 g/mol. The van der Waals surface area contributed by atoms with Crippen molar-refractivity contribution >= 4 is 5.82 Å². The first-order chi connectivity index (χ1) is 7.58. The van der Waals surface area contributed by atoms with Crippen LogP contribution in [0.25, 0.3) is 0 Å². The molecule has 1 saturated heterocycles. The van der Waals surface area contributed by atoms with Gasteiger partial charge in [0.15, 0.2) is 0 Å². The van der Waals surface area contributed by atoms with Gasteiger partial charge < -0.3 is 9.47 Å². The van der Waals surface area contributed by atoms with Crippen LogP contribution in [0.4, 0.5) is 14.6 Å². The summed E-state index contributed by atoms with van der Waals surface area (Å²) in [6.07, 6.45) is -0.432. The zero-order valence-corrected chi connectivity index (χ0v) is 8.94. The number of rotatable bonds is 2. The van der Waals surface area contributed by atoms with Crippen molar-refractivity contribution in [3.8, 4) is 0 Å². The van der Waals surface area contributed by atoms with Crippen LogP contribution in [-0.4, -0.2) is 29.1 Å². The van der Waals surface area contributed by atoms with Gasteiger partial charge in [0.25, 0.3) is 5.56 Å². The lowest BCUT2D eigenvalue weighted by atomic mass is 10.1. The molecule has 1 aromatic rings. The maximum absolute atomic E-state index is 12.5. The average molecular weight is 229 g/mol. The third-order valence-corrected chi connectivity index (χ3v) is 2.87. The van der Waals surface area contributed by atoms with Gasteiger partial charge in [-0.15, -0.1) is 0 Å². The molecule has 0 bridgehead atoms. The van der Waals surface area contributed by atoms with Crippen LogP contribution in [0.5, 0.6) is 0 Å². The normalized spacial score (nSPS) is 20.8. The largest absolute Gasteiger partial charge is 0.356 e. The minimum atomic E-state index is -2.29. The van der Waals surface area contributed by atoms with Crippen LogP contribution in [0.3, 0.4) is 0 Å². The Hall–Kier alpha value is -1.46. The van der Waals surface area contributed by atoms with Crippen LogP contribution in [0.2, 0.25) is 0 Å². The summed E-state index contributed by atoms with van der Waals surface area (Å²) in [6, 6.07) is 1.38. The first-order valence-corrected chi connectivity index (χ1v) is 5.13. The van der Waals surface area contributed by atoms with E-state index in [0.29, 0.717) is 18.8 Å². The molecule has 0 N–H and O–H groups in total. The second-order valence-corrected chi connectivity index (χ2v) is 4.03. The van der Waals surface area contributed by atoms with Gasteiger partial charge in [-0.3, -0.25) is 4.79 Å². The van der Waals surface area contributed by atoms with Gasteiger partial charge in [0.2, 0.25) is 6.43 Å². The minimum Gasteiger partial charge on any atom is -0.356 e. The van der Waals surface area contributed by atoms with Crippen LogP contribution in [0.15, 0.2) is 17.2 Å². The highest BCUT2D eigenvalue weighted by atomic mass is 19.3. The molecule has 0 spiro atoms. The van der Waals surface area contributed by atoms with Crippen molar-refractivity contribution in [3.63, 3.8) is 0 Å². The van der Waals surface area contributed by atoms with Gasteiger partial charge in [0, 0.05) is 32.1 Å². The Morgan fingerprint density at radius 2 is 2.31 bits per heavy atom. The summed E-state index contributed by atoms with van der Waals surface area (Å²) >= 11 is 0. The molecular formula is C10H13F2N3O. The third-order valence-electron chi connectivity index (χ3n) is 2.87. The number of nitrogens with zero attached hydrogens (tertiary/aromatic N) is 3. The van der Waals surface area contributed by atoms with Gasteiger partial charge in [-0.05, 0) is 6.42 Å². The molecule has 0 aromatic carbocycles. The van der Waals surface area contributed by atoms with Crippen LogP contribution < -0.4 is 10.5 Å². The predicted octanol–water partition coefficient (Wildman–Crippen LogP) is 0.872. The van der Waals surface area contributed by atoms with Gasteiger partial charge in [-0.25, -0.2) is 13.8 Å². The number of hydrogen-bond donors (Lipinski definition) is 0. The van der Waals surface area contributed by atoms with E-state index in [-0.39, 0.29) is 12.1 Å². The zero-order chi connectivity index (χ0) is 11.7. The maximum atomic E-state index is 12.5. The first kappa shape index (κ1) is 11.0. The van der Waals surface area contributed by atoms with Gasteiger partial charge in [0.05, 0.1) is 6.33 Å². The molecule has 0 aliphatic carbocycles. The number of alkyl halides is 2. The molecule has 2 rings (SSSR count). The lowest BCUT2D eigenvalue weighted by Gasteiger charge is -2.17. The number of aryl methyl sites for hydroxylation is 1. The number of hydrogen-bond acceptors (Lipinski definition) is 3. The summed E-state index contributed by atoms with van der Waals surface area (Å²) in [5, 5.41) is 0. The summed E-state index contributed by atoms with van der Waals surface area (Å²) in [7, 11) is 1.60. The number of anilines is 1. The molecule has 88 valence electrons. The second-order valence-electron chi connectivity index (χ2n) is 4.03. The Morgan fingerprint density at radius 1 is 1.56 bits per heavy atom. The van der Waals surface area contributed by atoms with Gasteiger partial charge in [-0.1, -0.05) is 0 Å². The molecule has 1 aromatic heterocycles. The molecule has 6 heteroatoms. The lowest BCUT2D eigenvalue weighted by molar-refractivity contribution is 0.0880. The van der Waals surface area contributed by atoms with Crippen LogP contribution in [0, 0.1) is 5.92 Å². The average Bonchev–Trinajstić information content (AvgIpc) is 2.71. The monoisotopic (exact) mass is 229 g/mol. The van der Waals surface area contributed by atoms with Crippen molar-refractivity contribution in [3.05, 3.63) is 22.7 Å². The third kappa shape index (κ3) is 2.05. The molecule has 1 unspecified atom stereocenters. The number of halogens is 2. The molecule has 0 radical (unpaired) electrons. The molecule has 16 heavy (non-hydrogen) atoms. The fourth-order valence-electron chi connectivity index (χ4n) is 1.83. The van der Waals surface area contributed by atoms with Crippen LogP contribution in [-0.2, 0) is 7.05 Å². The summed E-state index contributed by atoms with van der Waals surface area (Å²) < 4.78 is 26.3. The fourth-order valence-corrected chi connectivity index (χ4v) is 1.83. The van der Waals surface area contributed by atoms with E-state index in [2.05, 4.69) is 4.98 Å². The Labute approximate surface area is 91.5 Å². The van der Waals surface area contributed by atoms with E-state index >= 15 is 0 Å². The topological polar surface area (TPSA) is 38.1 Å². The zero-order valence-electron chi connectivity index (χ0n) is 8.94. The lowest BCUT2D eigenvalue weighted by Crippen LogP contribution is -2.26. The molecule has 1 aliphatic rings. The molecule has 1 aliphatic heterocycles. The van der Waals surface area contributed by atoms with E-state index in [9.17, 15) is 13.6 Å². The maximum Gasteiger partial charge on any atom is 0.255 e. The van der Waals surface area contributed by atoms with Crippen molar-refractivity contribution in [2.75, 3.05) is 18.0 Å². The first-order valence-electron chi connectivity index (χ1n) is 5.13. The summed E-state index contributed by atoms with van der Waals surface area (Å²) in [4.78, 5) is 17.2. The van der Waals surface area contributed by atoms with Crippen molar-refractivity contribution in [2.45, 2.75) is 12.8 Å². The SMILES string of the molecule is Cn1cnc(N2CCC(C(F)F)C2)cc1=O. The summed E-state index contributed by atoms with van der Waals surface area (Å²) in [6.45, 7) is 0.813. The second kappa shape index (κ2) is 4.19. The quantitative estimate of drug-likeness (QED) is 0.755. The highest BCUT2D eigenvalue weighted by molar-refractivity contribution is 5.38. The van der Waals surface area contributed by atoms with Crippen LogP contribution in [0.1, 0.15) is 6.42 Å². The highest BCUT2D eigenvalue weighted by Gasteiger charge is 2.30. The Kier molecular flexibility index (Phi) is 2.89. The van der Waals surface area contributed by atoms with Crippen molar-refractivity contribution in [1.82, 2.24) is 9.55 Å². The Morgan fingerprint density at radius 3 is 2.88 bits per heavy atom. The van der Waals surface area contributed by atoms with E-state index in [1.54, 1.807) is 11.9 Å². The standard InChI is InChI=1S/C10H13F2N3O/c1-14-6-13-8(4-9(14)16)15-3-2-7(5-15)10(11)12/h4,6-7,10H,2-3,5H2,1H3. The molecule has 4 nitrogen and oxygen atoms in total. The van der Waals surface area contributed by atoms with Gasteiger partial charge >= 0.3 is 0 Å². The predicted molar refractivity (Wildman–Crippen MR) is 55.8 cm³/mol. The van der Waals surface area contributed by atoms with E-state index in [0.717, 1.165) is 0 Å². The van der Waals surface area contributed by atoms with Crippen molar-refractivity contribution < 1.29 is 8.78 Å². The molecule has 1 atom stereocenters. The van der Waals surface area contributed by atoms with E-state index in [4.69, 9.17) is 0 Å². The smallest absolute Gasteiger partial charge is 0.255 e. The van der Waals surface area contributed by atoms with Crippen molar-refractivity contribution in [1.29, 1.82) is 0 Å². The molecule has 0 amide bonds. The minimum absolute atomic E-state index is 0.175. The van der Waals surface area contributed by atoms with E-state index in [1.807, 2.05) is 0 Å². The molecule has 0 saturated carbocycles. The fraction of sp³-hybridized carbons (Fsp3) is 0.600. The Balaban J connectivity index is 2.14. The summed E-state index contributed by atoms with van der Waals surface area (Å²) in [5.41, 5.74) is -0.175. The Bertz CT molecular complexity index is 432. The van der Waals surface area contributed by atoms with E-state index in [1.165, 1.54) is 17.0 Å². The van der Waals surface area contributed by atoms with Crippen molar-refractivity contribution in [2.24, 2.45) is 13.0 Å². The number of aromatic nitrogens is 2. The van der Waals surface area contributed by atoms with E-state index < -0.39 is 12.3 Å². The van der Waals surface area contributed by atoms with Gasteiger partial charge in [-0.2, -0.15) is 0 Å². The molecule has 2 heterocycles. The molecule has 1 fully saturated rings. The van der Waals surface area contributed by atoms with Gasteiger partial charge in [0.1, 0.15) is 5.82 Å². The van der Waals surface area contributed by atoms with Crippen LogP contribution >= 0.6 is 0 Å². The highest BCUT2D eigenvalue weighted by Crippen LogP contribution is 2.25. The summed E-state index contributed by atoms with van der Waals surface area (Å²) in [5.74, 6) is -0.114.